The third kappa shape index (κ3) is 6.45. The molecule has 0 saturated heterocycles. The molecule has 1 aliphatic rings. The van der Waals surface area contributed by atoms with E-state index in [0.29, 0.717) is 19.4 Å². The number of carbonyl (C=O) groups excluding carboxylic acids is 2. The monoisotopic (exact) mass is 406 g/mol. The van der Waals surface area contributed by atoms with Gasteiger partial charge in [-0.25, -0.2) is 0 Å². The van der Waals surface area contributed by atoms with Crippen LogP contribution in [0.4, 0.5) is 0 Å². The summed E-state index contributed by atoms with van der Waals surface area (Å²) in [6, 6.07) is 18.3. The van der Waals surface area contributed by atoms with Crippen LogP contribution in [0.25, 0.3) is 0 Å². The fraction of sp³-hybridized carbons (Fsp3) is 0.462. The van der Waals surface area contributed by atoms with Gasteiger partial charge in [0.2, 0.25) is 11.8 Å². The Bertz CT molecular complexity index is 811. The van der Waals surface area contributed by atoms with Crippen molar-refractivity contribution in [3.05, 3.63) is 71.3 Å². The number of amides is 2. The van der Waals surface area contributed by atoms with Crippen LogP contribution in [0.3, 0.4) is 0 Å². The van der Waals surface area contributed by atoms with Crippen LogP contribution in [0.1, 0.15) is 55.7 Å². The highest BCUT2D eigenvalue weighted by Gasteiger charge is 2.27. The lowest BCUT2D eigenvalue weighted by molar-refractivity contribution is -0.140. The lowest BCUT2D eigenvalue weighted by Crippen LogP contribution is -2.50. The second-order valence-corrected chi connectivity index (χ2v) is 8.47. The predicted molar refractivity (Wildman–Crippen MR) is 121 cm³/mol. The van der Waals surface area contributed by atoms with Crippen molar-refractivity contribution in [1.29, 1.82) is 0 Å². The van der Waals surface area contributed by atoms with E-state index in [2.05, 4.69) is 48.6 Å². The van der Waals surface area contributed by atoms with Crippen LogP contribution in [0.5, 0.6) is 0 Å². The molecule has 2 aromatic carbocycles. The Morgan fingerprint density at radius 1 is 0.967 bits per heavy atom. The quantitative estimate of drug-likeness (QED) is 0.669. The van der Waals surface area contributed by atoms with Gasteiger partial charge in [0, 0.05) is 19.0 Å². The van der Waals surface area contributed by atoms with E-state index in [1.165, 1.54) is 24.0 Å². The molecule has 0 bridgehead atoms. The molecule has 0 aliphatic heterocycles. The van der Waals surface area contributed by atoms with E-state index >= 15 is 0 Å². The standard InChI is InChI=1S/C26H34N2O2/c1-20-12-14-23(15-13-20)16-17-25(29)28(19-18-22-8-4-3-5-9-22)21(2)26(30)27-24-10-6-7-11-24/h3-5,8-9,12-15,21,24H,6-7,10-11,16-19H2,1-2H3,(H,27,30)/t21-/m0/s1. The Kier molecular flexibility index (Phi) is 8.06. The summed E-state index contributed by atoms with van der Waals surface area (Å²) >= 11 is 0. The van der Waals surface area contributed by atoms with E-state index in [-0.39, 0.29) is 17.9 Å². The average Bonchev–Trinajstić information content (AvgIpc) is 3.27. The van der Waals surface area contributed by atoms with Crippen molar-refractivity contribution >= 4 is 11.8 Å². The molecule has 1 aliphatic carbocycles. The molecular weight excluding hydrogens is 372 g/mol. The molecule has 1 atom stereocenters. The zero-order valence-electron chi connectivity index (χ0n) is 18.3. The molecule has 160 valence electrons. The number of aryl methyl sites for hydroxylation is 2. The zero-order chi connectivity index (χ0) is 21.3. The molecular formula is C26H34N2O2. The lowest BCUT2D eigenvalue weighted by Gasteiger charge is -2.30. The zero-order valence-corrected chi connectivity index (χ0v) is 18.3. The summed E-state index contributed by atoms with van der Waals surface area (Å²) in [5.74, 6) is 0.0132. The molecule has 1 N–H and O–H groups in total. The first-order valence-electron chi connectivity index (χ1n) is 11.2. The first-order valence-corrected chi connectivity index (χ1v) is 11.2. The Balaban J connectivity index is 1.64. The summed E-state index contributed by atoms with van der Waals surface area (Å²) in [4.78, 5) is 27.8. The largest absolute Gasteiger partial charge is 0.352 e. The number of rotatable bonds is 9. The molecule has 1 saturated carbocycles. The molecule has 0 aromatic heterocycles. The third-order valence-electron chi connectivity index (χ3n) is 6.10. The fourth-order valence-electron chi connectivity index (χ4n) is 4.11. The summed E-state index contributed by atoms with van der Waals surface area (Å²) < 4.78 is 0. The van der Waals surface area contributed by atoms with Crippen molar-refractivity contribution in [2.75, 3.05) is 6.54 Å². The maximum atomic E-state index is 13.1. The second kappa shape index (κ2) is 11.0. The summed E-state index contributed by atoms with van der Waals surface area (Å²) in [7, 11) is 0. The number of hydrogen-bond acceptors (Lipinski definition) is 2. The van der Waals surface area contributed by atoms with Gasteiger partial charge in [-0.15, -0.1) is 0 Å². The van der Waals surface area contributed by atoms with Crippen molar-refractivity contribution in [3.8, 4) is 0 Å². The van der Waals surface area contributed by atoms with Gasteiger partial charge < -0.3 is 10.2 Å². The Morgan fingerprint density at radius 2 is 1.60 bits per heavy atom. The molecule has 0 spiro atoms. The van der Waals surface area contributed by atoms with E-state index in [9.17, 15) is 9.59 Å². The van der Waals surface area contributed by atoms with Crippen molar-refractivity contribution in [3.63, 3.8) is 0 Å². The van der Waals surface area contributed by atoms with E-state index in [4.69, 9.17) is 0 Å². The van der Waals surface area contributed by atoms with E-state index in [1.54, 1.807) is 4.90 Å². The number of benzene rings is 2. The van der Waals surface area contributed by atoms with E-state index in [0.717, 1.165) is 24.8 Å². The van der Waals surface area contributed by atoms with Gasteiger partial charge in [0.05, 0.1) is 0 Å². The van der Waals surface area contributed by atoms with Gasteiger partial charge >= 0.3 is 0 Å². The van der Waals surface area contributed by atoms with E-state index < -0.39 is 6.04 Å². The second-order valence-electron chi connectivity index (χ2n) is 8.47. The maximum absolute atomic E-state index is 13.1. The van der Waals surface area contributed by atoms with Crippen LogP contribution in [0, 0.1) is 6.92 Å². The normalized spacial score (nSPS) is 15.0. The molecule has 2 amide bonds. The Labute approximate surface area is 180 Å². The smallest absolute Gasteiger partial charge is 0.242 e. The molecule has 4 heteroatoms. The van der Waals surface area contributed by atoms with Crippen LogP contribution < -0.4 is 5.32 Å². The lowest BCUT2D eigenvalue weighted by atomic mass is 10.1. The van der Waals surface area contributed by atoms with Crippen molar-refractivity contribution in [2.45, 2.75) is 70.9 Å². The Hall–Kier alpha value is -2.62. The van der Waals surface area contributed by atoms with E-state index in [1.807, 2.05) is 25.1 Å². The number of nitrogens with zero attached hydrogens (tertiary/aromatic N) is 1. The molecule has 0 unspecified atom stereocenters. The summed E-state index contributed by atoms with van der Waals surface area (Å²) in [5, 5.41) is 3.16. The van der Waals surface area contributed by atoms with Crippen LogP contribution in [-0.4, -0.2) is 35.3 Å². The SMILES string of the molecule is Cc1ccc(CCC(=O)N(CCc2ccccc2)[C@@H](C)C(=O)NC2CCCC2)cc1. The molecule has 2 aromatic rings. The van der Waals surface area contributed by atoms with Gasteiger partial charge in [0.1, 0.15) is 6.04 Å². The van der Waals surface area contributed by atoms with Crippen molar-refractivity contribution in [2.24, 2.45) is 0 Å². The van der Waals surface area contributed by atoms with Crippen LogP contribution in [-0.2, 0) is 22.4 Å². The molecule has 30 heavy (non-hydrogen) atoms. The summed E-state index contributed by atoms with van der Waals surface area (Å²) in [6.45, 7) is 4.47. The van der Waals surface area contributed by atoms with Gasteiger partial charge in [-0.05, 0) is 50.7 Å². The van der Waals surface area contributed by atoms with Gasteiger partial charge in [0.25, 0.3) is 0 Å². The first kappa shape index (κ1) is 22.1. The minimum atomic E-state index is -0.458. The topological polar surface area (TPSA) is 49.4 Å². The highest BCUT2D eigenvalue weighted by Crippen LogP contribution is 2.18. The first-order chi connectivity index (χ1) is 14.5. The molecule has 1 fully saturated rings. The predicted octanol–water partition coefficient (Wildman–Crippen LogP) is 4.45. The van der Waals surface area contributed by atoms with Crippen LogP contribution in [0.2, 0.25) is 0 Å². The highest BCUT2D eigenvalue weighted by atomic mass is 16.2. The van der Waals surface area contributed by atoms with Crippen LogP contribution >= 0.6 is 0 Å². The van der Waals surface area contributed by atoms with Gasteiger partial charge in [-0.3, -0.25) is 9.59 Å². The maximum Gasteiger partial charge on any atom is 0.242 e. The van der Waals surface area contributed by atoms with Gasteiger partial charge in [-0.2, -0.15) is 0 Å². The number of carbonyl (C=O) groups is 2. The third-order valence-corrected chi connectivity index (χ3v) is 6.10. The van der Waals surface area contributed by atoms with Crippen molar-refractivity contribution in [1.82, 2.24) is 10.2 Å². The van der Waals surface area contributed by atoms with Gasteiger partial charge in [0.15, 0.2) is 0 Å². The van der Waals surface area contributed by atoms with Gasteiger partial charge in [-0.1, -0.05) is 73.0 Å². The molecule has 0 radical (unpaired) electrons. The van der Waals surface area contributed by atoms with Crippen LogP contribution in [0.15, 0.2) is 54.6 Å². The summed E-state index contributed by atoms with van der Waals surface area (Å²) in [5.41, 5.74) is 3.55. The van der Waals surface area contributed by atoms with Crippen molar-refractivity contribution < 1.29 is 9.59 Å². The Morgan fingerprint density at radius 3 is 2.27 bits per heavy atom. The minimum Gasteiger partial charge on any atom is -0.352 e. The molecule has 0 heterocycles. The number of nitrogens with one attached hydrogen (secondary N) is 1. The summed E-state index contributed by atoms with van der Waals surface area (Å²) in [6.07, 6.45) is 6.29. The highest BCUT2D eigenvalue weighted by molar-refractivity contribution is 5.87. The molecule has 4 nitrogen and oxygen atoms in total. The fourth-order valence-corrected chi connectivity index (χ4v) is 4.11. The minimum absolute atomic E-state index is 0.0290. The molecule has 3 rings (SSSR count). The number of hydrogen-bond donors (Lipinski definition) is 1. The average molecular weight is 407 g/mol.